The van der Waals surface area contributed by atoms with Crippen LogP contribution in [0.1, 0.15) is 18.4 Å². The van der Waals surface area contributed by atoms with E-state index in [1.165, 1.54) is 5.56 Å². The fourth-order valence-electron chi connectivity index (χ4n) is 2.36. The van der Waals surface area contributed by atoms with Crippen LogP contribution >= 0.6 is 0 Å². The van der Waals surface area contributed by atoms with Crippen LogP contribution in [0.4, 0.5) is 0 Å². The summed E-state index contributed by atoms with van der Waals surface area (Å²) < 4.78 is 11.7. The van der Waals surface area contributed by atoms with Gasteiger partial charge < -0.3 is 14.8 Å². The van der Waals surface area contributed by atoms with Crippen molar-refractivity contribution < 1.29 is 9.47 Å². The van der Waals surface area contributed by atoms with Gasteiger partial charge in [-0.25, -0.2) is 0 Å². The third-order valence-corrected chi connectivity index (χ3v) is 3.21. The van der Waals surface area contributed by atoms with E-state index in [4.69, 9.17) is 9.47 Å². The van der Waals surface area contributed by atoms with Gasteiger partial charge in [-0.3, -0.25) is 0 Å². The van der Waals surface area contributed by atoms with Crippen LogP contribution in [0.5, 0.6) is 11.5 Å². The van der Waals surface area contributed by atoms with Crippen molar-refractivity contribution in [1.82, 2.24) is 5.32 Å². The average molecular weight is 219 g/mol. The molecule has 0 amide bonds. The topological polar surface area (TPSA) is 30.5 Å². The SMILES string of the molecule is c1cc2c(c(OC3CCNC3)c1)OCCC2. The lowest BCUT2D eigenvalue weighted by Gasteiger charge is -2.22. The third-order valence-electron chi connectivity index (χ3n) is 3.21. The summed E-state index contributed by atoms with van der Waals surface area (Å²) in [6.07, 6.45) is 3.61. The fourth-order valence-corrected chi connectivity index (χ4v) is 2.36. The van der Waals surface area contributed by atoms with Crippen molar-refractivity contribution in [3.63, 3.8) is 0 Å². The summed E-state index contributed by atoms with van der Waals surface area (Å²) in [7, 11) is 0. The molecule has 3 heteroatoms. The van der Waals surface area contributed by atoms with E-state index in [0.29, 0.717) is 6.10 Å². The highest BCUT2D eigenvalue weighted by molar-refractivity contribution is 5.47. The molecule has 0 aliphatic carbocycles. The molecule has 1 N–H and O–H groups in total. The van der Waals surface area contributed by atoms with Gasteiger partial charge in [0.25, 0.3) is 0 Å². The molecule has 1 saturated heterocycles. The zero-order valence-electron chi connectivity index (χ0n) is 9.37. The molecule has 0 bridgehead atoms. The smallest absolute Gasteiger partial charge is 0.164 e. The number of fused-ring (bicyclic) bond motifs is 1. The van der Waals surface area contributed by atoms with Crippen molar-refractivity contribution in [2.75, 3.05) is 19.7 Å². The second-order valence-corrected chi connectivity index (χ2v) is 4.43. The Morgan fingerprint density at radius 2 is 2.38 bits per heavy atom. The minimum Gasteiger partial charge on any atom is -0.489 e. The van der Waals surface area contributed by atoms with E-state index in [-0.39, 0.29) is 0 Å². The maximum Gasteiger partial charge on any atom is 0.164 e. The number of nitrogens with one attached hydrogen (secondary N) is 1. The molecule has 16 heavy (non-hydrogen) atoms. The first kappa shape index (κ1) is 9.97. The number of ether oxygens (including phenoxy) is 2. The van der Waals surface area contributed by atoms with Crippen molar-refractivity contribution in [3.8, 4) is 11.5 Å². The van der Waals surface area contributed by atoms with E-state index in [1.54, 1.807) is 0 Å². The molecule has 3 nitrogen and oxygen atoms in total. The van der Waals surface area contributed by atoms with Gasteiger partial charge in [0.1, 0.15) is 6.10 Å². The summed E-state index contributed by atoms with van der Waals surface area (Å²) in [4.78, 5) is 0. The molecule has 2 heterocycles. The maximum atomic E-state index is 5.99. The van der Waals surface area contributed by atoms with Crippen LogP contribution in [-0.2, 0) is 6.42 Å². The standard InChI is InChI=1S/C13H17NO2/c1-3-10-4-2-8-15-13(10)12(5-1)16-11-6-7-14-9-11/h1,3,5,11,14H,2,4,6-9H2. The van der Waals surface area contributed by atoms with E-state index in [1.807, 2.05) is 6.07 Å². The van der Waals surface area contributed by atoms with E-state index in [0.717, 1.165) is 50.5 Å². The molecule has 1 fully saturated rings. The Bertz CT molecular complexity index is 372. The summed E-state index contributed by atoms with van der Waals surface area (Å²) in [5.41, 5.74) is 1.29. The molecule has 2 aliphatic heterocycles. The predicted octanol–water partition coefficient (Wildman–Crippen LogP) is 1.75. The zero-order chi connectivity index (χ0) is 10.8. The minimum atomic E-state index is 0.303. The van der Waals surface area contributed by atoms with Crippen LogP contribution in [-0.4, -0.2) is 25.8 Å². The molecular weight excluding hydrogens is 202 g/mol. The second kappa shape index (κ2) is 4.34. The number of rotatable bonds is 2. The lowest BCUT2D eigenvalue weighted by atomic mass is 10.1. The predicted molar refractivity (Wildman–Crippen MR) is 62.2 cm³/mol. The Labute approximate surface area is 95.8 Å². The second-order valence-electron chi connectivity index (χ2n) is 4.43. The van der Waals surface area contributed by atoms with Crippen LogP contribution < -0.4 is 14.8 Å². The van der Waals surface area contributed by atoms with Gasteiger partial charge >= 0.3 is 0 Å². The molecule has 0 saturated carbocycles. The van der Waals surface area contributed by atoms with Crippen LogP contribution in [0.25, 0.3) is 0 Å². The molecule has 1 aromatic rings. The van der Waals surface area contributed by atoms with E-state index in [9.17, 15) is 0 Å². The van der Waals surface area contributed by atoms with Crippen molar-refractivity contribution in [1.29, 1.82) is 0 Å². The fraction of sp³-hybridized carbons (Fsp3) is 0.538. The molecule has 0 aromatic heterocycles. The van der Waals surface area contributed by atoms with Gasteiger partial charge in [-0.2, -0.15) is 0 Å². The van der Waals surface area contributed by atoms with Crippen LogP contribution in [0.3, 0.4) is 0 Å². The Kier molecular flexibility index (Phi) is 2.70. The van der Waals surface area contributed by atoms with Gasteiger partial charge in [-0.1, -0.05) is 12.1 Å². The minimum absolute atomic E-state index is 0.303. The van der Waals surface area contributed by atoms with E-state index < -0.39 is 0 Å². The van der Waals surface area contributed by atoms with Gasteiger partial charge in [0, 0.05) is 6.54 Å². The van der Waals surface area contributed by atoms with Gasteiger partial charge in [0.05, 0.1) is 6.61 Å². The number of benzene rings is 1. The van der Waals surface area contributed by atoms with E-state index in [2.05, 4.69) is 17.4 Å². The van der Waals surface area contributed by atoms with Crippen molar-refractivity contribution in [2.24, 2.45) is 0 Å². The molecule has 1 unspecified atom stereocenters. The number of hydrogen-bond donors (Lipinski definition) is 1. The third kappa shape index (κ3) is 1.87. The van der Waals surface area contributed by atoms with Gasteiger partial charge in [0.2, 0.25) is 0 Å². The summed E-state index contributed by atoms with van der Waals surface area (Å²) in [6.45, 7) is 2.82. The van der Waals surface area contributed by atoms with Gasteiger partial charge in [0.15, 0.2) is 11.5 Å². The monoisotopic (exact) mass is 219 g/mol. The Morgan fingerprint density at radius 1 is 1.38 bits per heavy atom. The van der Waals surface area contributed by atoms with Crippen LogP contribution in [0.2, 0.25) is 0 Å². The highest BCUT2D eigenvalue weighted by Gasteiger charge is 2.20. The summed E-state index contributed by atoms with van der Waals surface area (Å²) in [6, 6.07) is 6.21. The van der Waals surface area contributed by atoms with Crippen molar-refractivity contribution >= 4 is 0 Å². The summed E-state index contributed by atoms with van der Waals surface area (Å²) in [5, 5.41) is 3.31. The highest BCUT2D eigenvalue weighted by atomic mass is 16.5. The quantitative estimate of drug-likeness (QED) is 0.822. The van der Waals surface area contributed by atoms with Crippen molar-refractivity contribution in [2.45, 2.75) is 25.4 Å². The summed E-state index contributed by atoms with van der Waals surface area (Å²) >= 11 is 0. The highest BCUT2D eigenvalue weighted by Crippen LogP contribution is 2.35. The number of hydrogen-bond acceptors (Lipinski definition) is 3. The normalized spacial score (nSPS) is 23.6. The lowest BCUT2D eigenvalue weighted by molar-refractivity contribution is 0.200. The van der Waals surface area contributed by atoms with Gasteiger partial charge in [-0.05, 0) is 37.4 Å². The first-order chi connectivity index (χ1) is 7.93. The van der Waals surface area contributed by atoms with E-state index >= 15 is 0 Å². The number of aryl methyl sites for hydroxylation is 1. The first-order valence-electron chi connectivity index (χ1n) is 6.05. The number of para-hydroxylation sites is 1. The maximum absolute atomic E-state index is 5.99. The molecule has 0 radical (unpaired) electrons. The largest absolute Gasteiger partial charge is 0.489 e. The Hall–Kier alpha value is -1.22. The molecule has 2 aliphatic rings. The molecule has 1 atom stereocenters. The zero-order valence-corrected chi connectivity index (χ0v) is 9.37. The first-order valence-corrected chi connectivity index (χ1v) is 6.05. The Morgan fingerprint density at radius 3 is 3.25 bits per heavy atom. The Balaban J connectivity index is 1.82. The molecular formula is C13H17NO2. The molecule has 86 valence electrons. The van der Waals surface area contributed by atoms with Crippen molar-refractivity contribution in [3.05, 3.63) is 23.8 Å². The van der Waals surface area contributed by atoms with Crippen LogP contribution in [0, 0.1) is 0 Å². The summed E-state index contributed by atoms with van der Waals surface area (Å²) in [5.74, 6) is 1.89. The van der Waals surface area contributed by atoms with Gasteiger partial charge in [-0.15, -0.1) is 0 Å². The average Bonchev–Trinajstić information content (AvgIpc) is 2.82. The van der Waals surface area contributed by atoms with Crippen LogP contribution in [0.15, 0.2) is 18.2 Å². The lowest BCUT2D eigenvalue weighted by Crippen LogP contribution is -2.20. The molecule has 1 aromatic carbocycles. The molecule has 0 spiro atoms. The molecule has 3 rings (SSSR count).